The molecule has 7 heteroatoms. The lowest BCUT2D eigenvalue weighted by atomic mass is 10.1. The van der Waals surface area contributed by atoms with Crippen LogP contribution in [-0.2, 0) is 13.1 Å². The molecule has 0 radical (unpaired) electrons. The first-order chi connectivity index (χ1) is 13.2. The van der Waals surface area contributed by atoms with Gasteiger partial charge in [0.15, 0.2) is 11.5 Å². The van der Waals surface area contributed by atoms with Crippen LogP contribution in [0.1, 0.15) is 11.1 Å². The molecule has 0 spiro atoms. The largest absolute Gasteiger partial charge is 0.493 e. The molecule has 27 heavy (non-hydrogen) atoms. The zero-order chi connectivity index (χ0) is 19.1. The lowest BCUT2D eigenvalue weighted by Crippen LogP contribution is -2.28. The fraction of sp³-hybridized carbons (Fsp3) is 0.200. The van der Waals surface area contributed by atoms with Crippen LogP contribution in [0.3, 0.4) is 0 Å². The number of rotatable bonds is 7. The Hall–Kier alpha value is -3.48. The van der Waals surface area contributed by atoms with Crippen LogP contribution >= 0.6 is 0 Å². The Bertz CT molecular complexity index is 894. The maximum absolute atomic E-state index is 12.3. The van der Waals surface area contributed by atoms with Crippen molar-refractivity contribution in [3.63, 3.8) is 0 Å². The van der Waals surface area contributed by atoms with E-state index in [0.29, 0.717) is 30.3 Å². The Morgan fingerprint density at radius 3 is 2.52 bits per heavy atom. The maximum Gasteiger partial charge on any atom is 0.319 e. The number of carbonyl (C=O) groups is 1. The smallest absolute Gasteiger partial charge is 0.319 e. The third kappa shape index (κ3) is 4.78. The summed E-state index contributed by atoms with van der Waals surface area (Å²) in [5.41, 5.74) is 2.76. The van der Waals surface area contributed by atoms with E-state index in [0.717, 1.165) is 11.1 Å². The predicted molar refractivity (Wildman–Crippen MR) is 103 cm³/mol. The van der Waals surface area contributed by atoms with Gasteiger partial charge in [-0.1, -0.05) is 24.3 Å². The van der Waals surface area contributed by atoms with E-state index in [-0.39, 0.29) is 6.03 Å². The number of nitrogens with zero attached hydrogens (tertiary/aromatic N) is 2. The molecule has 140 valence electrons. The summed E-state index contributed by atoms with van der Waals surface area (Å²) in [4.78, 5) is 12.3. The highest BCUT2D eigenvalue weighted by Crippen LogP contribution is 2.29. The number of amides is 2. The molecule has 3 rings (SSSR count). The maximum atomic E-state index is 12.3. The molecule has 1 heterocycles. The van der Waals surface area contributed by atoms with Crippen LogP contribution < -0.4 is 20.1 Å². The fourth-order valence-corrected chi connectivity index (χ4v) is 2.72. The number of methoxy groups -OCH3 is 2. The molecule has 0 fully saturated rings. The molecule has 0 unspecified atom stereocenters. The zero-order valence-electron chi connectivity index (χ0n) is 15.3. The molecule has 7 nitrogen and oxygen atoms in total. The monoisotopic (exact) mass is 366 g/mol. The van der Waals surface area contributed by atoms with Gasteiger partial charge in [-0.2, -0.15) is 5.10 Å². The number of nitrogens with one attached hydrogen (secondary N) is 2. The normalized spacial score (nSPS) is 10.3. The molecule has 0 aliphatic heterocycles. The Morgan fingerprint density at radius 2 is 1.81 bits per heavy atom. The average molecular weight is 366 g/mol. The number of aromatic nitrogens is 2. The quantitative estimate of drug-likeness (QED) is 0.673. The lowest BCUT2D eigenvalue weighted by molar-refractivity contribution is 0.251. The molecule has 0 bridgehead atoms. The number of benzene rings is 2. The SMILES string of the molecule is COc1ccc(NC(=O)NCc2ccccc2Cn2cccn2)cc1OC. The van der Waals surface area contributed by atoms with Crippen molar-refractivity contribution in [2.24, 2.45) is 0 Å². The highest BCUT2D eigenvalue weighted by molar-refractivity contribution is 5.89. The van der Waals surface area contributed by atoms with Crippen LogP contribution in [0.15, 0.2) is 60.9 Å². The van der Waals surface area contributed by atoms with E-state index in [2.05, 4.69) is 15.7 Å². The van der Waals surface area contributed by atoms with E-state index in [1.54, 1.807) is 38.6 Å². The molecular weight excluding hydrogens is 344 g/mol. The van der Waals surface area contributed by atoms with Crippen molar-refractivity contribution in [1.82, 2.24) is 15.1 Å². The molecule has 0 saturated carbocycles. The number of carbonyl (C=O) groups excluding carboxylic acids is 1. The van der Waals surface area contributed by atoms with E-state index in [1.165, 1.54) is 0 Å². The van der Waals surface area contributed by atoms with Crippen molar-refractivity contribution in [1.29, 1.82) is 0 Å². The average Bonchev–Trinajstić information content (AvgIpc) is 3.20. The van der Waals surface area contributed by atoms with Gasteiger partial charge >= 0.3 is 6.03 Å². The molecule has 3 aromatic rings. The van der Waals surface area contributed by atoms with Gasteiger partial charge in [0, 0.05) is 30.7 Å². The van der Waals surface area contributed by atoms with Crippen LogP contribution in [0, 0.1) is 0 Å². The van der Waals surface area contributed by atoms with E-state index in [1.807, 2.05) is 41.2 Å². The molecule has 0 aliphatic carbocycles. The van der Waals surface area contributed by atoms with Crippen LogP contribution in [0.25, 0.3) is 0 Å². The minimum absolute atomic E-state index is 0.295. The Kier molecular flexibility index (Phi) is 5.94. The van der Waals surface area contributed by atoms with Crippen LogP contribution in [0.4, 0.5) is 10.5 Å². The topological polar surface area (TPSA) is 77.4 Å². The molecule has 0 atom stereocenters. The van der Waals surface area contributed by atoms with Crippen molar-refractivity contribution in [2.45, 2.75) is 13.1 Å². The van der Waals surface area contributed by atoms with Crippen LogP contribution in [0.2, 0.25) is 0 Å². The Labute approximate surface area is 157 Å². The van der Waals surface area contributed by atoms with Crippen LogP contribution in [0.5, 0.6) is 11.5 Å². The van der Waals surface area contributed by atoms with Crippen molar-refractivity contribution >= 4 is 11.7 Å². The summed E-state index contributed by atoms with van der Waals surface area (Å²) in [5.74, 6) is 1.16. The molecule has 2 amide bonds. The summed E-state index contributed by atoms with van der Waals surface area (Å²) in [5, 5.41) is 9.91. The summed E-state index contributed by atoms with van der Waals surface area (Å²) >= 11 is 0. The van der Waals surface area contributed by atoms with E-state index < -0.39 is 0 Å². The minimum atomic E-state index is -0.295. The highest BCUT2D eigenvalue weighted by atomic mass is 16.5. The van der Waals surface area contributed by atoms with Crippen molar-refractivity contribution in [2.75, 3.05) is 19.5 Å². The summed E-state index contributed by atoms with van der Waals surface area (Å²) in [7, 11) is 3.12. The lowest BCUT2D eigenvalue weighted by Gasteiger charge is -2.13. The van der Waals surface area contributed by atoms with E-state index in [4.69, 9.17) is 9.47 Å². The van der Waals surface area contributed by atoms with Crippen molar-refractivity contribution in [3.05, 3.63) is 72.1 Å². The van der Waals surface area contributed by atoms with E-state index in [9.17, 15) is 4.79 Å². The first-order valence-corrected chi connectivity index (χ1v) is 8.50. The van der Waals surface area contributed by atoms with Crippen molar-refractivity contribution < 1.29 is 14.3 Å². The first kappa shape index (κ1) is 18.3. The number of hydrogen-bond acceptors (Lipinski definition) is 4. The molecule has 1 aromatic heterocycles. The number of ether oxygens (including phenoxy) is 2. The summed E-state index contributed by atoms with van der Waals surface area (Å²) in [6.07, 6.45) is 3.66. The summed E-state index contributed by atoms with van der Waals surface area (Å²) in [6, 6.07) is 14.8. The first-order valence-electron chi connectivity index (χ1n) is 8.50. The minimum Gasteiger partial charge on any atom is -0.493 e. The summed E-state index contributed by atoms with van der Waals surface area (Å²) < 4.78 is 12.3. The van der Waals surface area contributed by atoms with Gasteiger partial charge in [0.1, 0.15) is 0 Å². The van der Waals surface area contributed by atoms with Gasteiger partial charge in [0.05, 0.1) is 20.8 Å². The Morgan fingerprint density at radius 1 is 1.04 bits per heavy atom. The van der Waals surface area contributed by atoms with Gasteiger partial charge in [0.2, 0.25) is 0 Å². The highest BCUT2D eigenvalue weighted by Gasteiger charge is 2.08. The van der Waals surface area contributed by atoms with Gasteiger partial charge < -0.3 is 20.1 Å². The number of anilines is 1. The second-order valence-corrected chi connectivity index (χ2v) is 5.85. The third-order valence-electron chi connectivity index (χ3n) is 4.09. The predicted octanol–water partition coefficient (Wildman–Crippen LogP) is 3.27. The van der Waals surface area contributed by atoms with Gasteiger partial charge in [-0.15, -0.1) is 0 Å². The molecule has 0 aliphatic rings. The molecule has 2 N–H and O–H groups in total. The Balaban J connectivity index is 1.61. The molecule has 2 aromatic carbocycles. The second-order valence-electron chi connectivity index (χ2n) is 5.85. The van der Waals surface area contributed by atoms with Crippen molar-refractivity contribution in [3.8, 4) is 11.5 Å². The van der Waals surface area contributed by atoms with Gasteiger partial charge in [0.25, 0.3) is 0 Å². The van der Waals surface area contributed by atoms with E-state index >= 15 is 0 Å². The standard InChI is InChI=1S/C20H22N4O3/c1-26-18-9-8-17(12-19(18)27-2)23-20(25)21-13-15-6-3-4-7-16(15)14-24-11-5-10-22-24/h3-12H,13-14H2,1-2H3,(H2,21,23,25). The van der Waals surface area contributed by atoms with Gasteiger partial charge in [-0.3, -0.25) is 4.68 Å². The van der Waals surface area contributed by atoms with Gasteiger partial charge in [-0.25, -0.2) is 4.79 Å². The number of urea groups is 1. The number of hydrogen-bond donors (Lipinski definition) is 2. The summed E-state index contributed by atoms with van der Waals surface area (Å²) in [6.45, 7) is 1.07. The van der Waals surface area contributed by atoms with Crippen LogP contribution in [-0.4, -0.2) is 30.0 Å². The molecule has 0 saturated heterocycles. The van der Waals surface area contributed by atoms with Gasteiger partial charge in [-0.05, 0) is 29.3 Å². The third-order valence-corrected chi connectivity index (χ3v) is 4.09. The zero-order valence-corrected chi connectivity index (χ0v) is 15.3. The second kappa shape index (κ2) is 8.75. The fourth-order valence-electron chi connectivity index (χ4n) is 2.72. The molecular formula is C20H22N4O3.